The Morgan fingerprint density at radius 3 is 1.73 bits per heavy atom. The van der Waals surface area contributed by atoms with Crippen molar-refractivity contribution in [1.29, 1.82) is 0 Å². The number of carboxylic acids is 1. The maximum atomic E-state index is 12.9. The number of quaternary nitrogens is 1. The molecular formula is C39H47N6O3+. The number of carboxylic acid groups (broad SMARTS) is 1. The number of aliphatic carboxylic acids is 1. The lowest BCUT2D eigenvalue weighted by Gasteiger charge is -2.23. The molecule has 0 fully saturated rings. The number of allylic oxidation sites excluding steroid dienone is 4. The highest BCUT2D eigenvalue weighted by atomic mass is 16.4. The molecule has 2 aliphatic heterocycles. The van der Waals surface area contributed by atoms with Crippen LogP contribution in [0, 0.1) is 13.8 Å². The third kappa shape index (κ3) is 7.11. The van der Waals surface area contributed by atoms with Crippen molar-refractivity contribution in [3.05, 3.63) is 82.5 Å². The van der Waals surface area contributed by atoms with Crippen molar-refractivity contribution < 1.29 is 19.2 Å². The van der Waals surface area contributed by atoms with Crippen molar-refractivity contribution >= 4 is 68.4 Å². The molecule has 0 unspecified atom stereocenters. The van der Waals surface area contributed by atoms with Gasteiger partial charge in [0.25, 0.3) is 0 Å². The topological polar surface area (TPSA) is 124 Å². The fourth-order valence-corrected chi connectivity index (χ4v) is 6.39. The third-order valence-electron chi connectivity index (χ3n) is 9.34. The van der Waals surface area contributed by atoms with Crippen molar-refractivity contribution in [1.82, 2.24) is 25.3 Å². The van der Waals surface area contributed by atoms with Crippen molar-refractivity contribution in [3.8, 4) is 0 Å². The molecule has 0 aromatic carbocycles. The van der Waals surface area contributed by atoms with E-state index in [2.05, 4.69) is 69.5 Å². The van der Waals surface area contributed by atoms with E-state index in [1.807, 2.05) is 44.2 Å². The largest absolute Gasteiger partial charge is 0.481 e. The van der Waals surface area contributed by atoms with E-state index in [4.69, 9.17) is 9.97 Å². The average molecular weight is 648 g/mol. The van der Waals surface area contributed by atoms with Crippen LogP contribution >= 0.6 is 0 Å². The number of aromatic amines is 2. The lowest BCUT2D eigenvalue weighted by molar-refractivity contribution is -0.869. The van der Waals surface area contributed by atoms with Crippen LogP contribution in [0.1, 0.15) is 84.6 Å². The van der Waals surface area contributed by atoms with Gasteiger partial charge >= 0.3 is 5.97 Å². The Morgan fingerprint density at radius 2 is 1.23 bits per heavy atom. The highest BCUT2D eigenvalue weighted by Gasteiger charge is 2.23. The van der Waals surface area contributed by atoms with Crippen LogP contribution in [0.5, 0.6) is 0 Å². The number of hydrogen-bond donors (Lipinski definition) is 4. The van der Waals surface area contributed by atoms with Gasteiger partial charge in [-0.05, 0) is 98.2 Å². The molecule has 5 heterocycles. The van der Waals surface area contributed by atoms with Gasteiger partial charge in [-0.2, -0.15) is 0 Å². The Balaban J connectivity index is 1.76. The van der Waals surface area contributed by atoms with Crippen molar-refractivity contribution in [2.24, 2.45) is 0 Å². The second-order valence-electron chi connectivity index (χ2n) is 13.7. The van der Waals surface area contributed by atoms with E-state index in [1.165, 1.54) is 0 Å². The molecule has 0 aliphatic carbocycles. The van der Waals surface area contributed by atoms with Crippen molar-refractivity contribution in [2.75, 3.05) is 34.2 Å². The predicted molar refractivity (Wildman–Crippen MR) is 198 cm³/mol. The van der Waals surface area contributed by atoms with Gasteiger partial charge in [-0.25, -0.2) is 9.97 Å². The monoisotopic (exact) mass is 647 g/mol. The molecule has 48 heavy (non-hydrogen) atoms. The summed E-state index contributed by atoms with van der Waals surface area (Å²) >= 11 is 0. The molecule has 1 amide bonds. The highest BCUT2D eigenvalue weighted by Crippen LogP contribution is 2.38. The van der Waals surface area contributed by atoms with Crippen LogP contribution in [0.2, 0.25) is 0 Å². The Kier molecular flexibility index (Phi) is 9.73. The second kappa shape index (κ2) is 13.6. The first-order valence-corrected chi connectivity index (χ1v) is 16.4. The van der Waals surface area contributed by atoms with E-state index in [9.17, 15) is 14.7 Å². The number of likely N-dealkylation sites (N-methyl/N-ethyl adjacent to an activating group) is 1. The first-order valence-electron chi connectivity index (χ1n) is 16.4. The number of aromatic nitrogens is 4. The zero-order valence-electron chi connectivity index (χ0n) is 29.2. The summed E-state index contributed by atoms with van der Waals surface area (Å²) in [5.74, 6) is -0.871. The molecule has 2 aliphatic rings. The Bertz CT molecular complexity index is 2070. The van der Waals surface area contributed by atoms with Gasteiger partial charge < -0.3 is 24.9 Å². The minimum atomic E-state index is -0.865. The Labute approximate surface area is 282 Å². The van der Waals surface area contributed by atoms with Crippen LogP contribution in [-0.4, -0.2) is 75.6 Å². The molecule has 0 spiro atoms. The van der Waals surface area contributed by atoms with Gasteiger partial charge in [0.15, 0.2) is 0 Å². The number of rotatable bonds is 11. The number of hydrogen-bond acceptors (Lipinski definition) is 4. The maximum absolute atomic E-state index is 12.9. The first kappa shape index (κ1) is 34.3. The molecule has 0 saturated carbocycles. The highest BCUT2D eigenvalue weighted by molar-refractivity contribution is 5.97. The molecule has 3 aromatic rings. The summed E-state index contributed by atoms with van der Waals surface area (Å²) in [5, 5.41) is 12.6. The lowest BCUT2D eigenvalue weighted by atomic mass is 9.98. The van der Waals surface area contributed by atoms with Crippen LogP contribution in [0.25, 0.3) is 56.5 Å². The number of fused-ring (bicyclic) bond motifs is 8. The minimum absolute atomic E-state index is 0.00579. The number of nitrogens with one attached hydrogen (secondary N) is 3. The summed E-state index contributed by atoms with van der Waals surface area (Å²) in [5.41, 5.74) is 14.5. The molecule has 9 heteroatoms. The standard InChI is InChI=1S/C39H46N6O3/c1-10-26-22(3)30-18-31-25(6)29(13-15-39(47)48)37(43-31)21-36-28(12-14-38(46)40-16-17-45(7,8)9)24(5)33(44-36)20-35-27(11-2)23(4)32(42-35)19-34(26)41-30/h10-11,18-21H,1-2,12-17H2,3-9H3,(H3-,40,41,42,43,44,46,47,48)/p+1. The molecule has 0 atom stereocenters. The smallest absolute Gasteiger partial charge is 0.303 e. The van der Waals surface area contributed by atoms with Gasteiger partial charge in [0.2, 0.25) is 5.91 Å². The van der Waals surface area contributed by atoms with Crippen LogP contribution in [0.4, 0.5) is 0 Å². The van der Waals surface area contributed by atoms with Crippen molar-refractivity contribution in [2.45, 2.75) is 53.4 Å². The van der Waals surface area contributed by atoms with Crippen LogP contribution in [-0.2, 0) is 9.59 Å². The van der Waals surface area contributed by atoms with E-state index in [1.54, 1.807) is 0 Å². The van der Waals surface area contributed by atoms with Crippen molar-refractivity contribution in [3.63, 3.8) is 0 Å². The molecule has 3 aromatic heterocycles. The van der Waals surface area contributed by atoms with E-state index in [-0.39, 0.29) is 12.3 Å². The van der Waals surface area contributed by atoms with E-state index < -0.39 is 5.97 Å². The average Bonchev–Trinajstić information content (AvgIpc) is 3.67. The van der Waals surface area contributed by atoms with E-state index in [0.717, 1.165) is 94.7 Å². The summed E-state index contributed by atoms with van der Waals surface area (Å²) in [7, 11) is 6.30. The number of carbonyl (C=O) groups is 2. The summed E-state index contributed by atoms with van der Waals surface area (Å²) in [6.07, 6.45) is 4.86. The third-order valence-corrected chi connectivity index (χ3v) is 9.34. The lowest BCUT2D eigenvalue weighted by Crippen LogP contribution is -2.41. The SMILES string of the molecule is C=Cc1c(C)c2cc3[nH]c(cc4nc(cc5nc(cc1[nH]2)C(C)=C5CCC(=O)NCC[N+](C)(C)C)C(CCC(=O)O)=C4C)c(C)c3C=C. The van der Waals surface area contributed by atoms with Crippen LogP contribution < -0.4 is 5.32 Å². The molecule has 4 N–H and O–H groups in total. The number of amides is 1. The second-order valence-corrected chi connectivity index (χ2v) is 13.7. The first-order chi connectivity index (χ1) is 22.7. The molecule has 0 saturated heterocycles. The summed E-state index contributed by atoms with van der Waals surface area (Å²) in [4.78, 5) is 41.9. The fourth-order valence-electron chi connectivity index (χ4n) is 6.39. The molecule has 8 bridgehead atoms. The number of carbonyl (C=O) groups excluding carboxylic acids is 1. The van der Waals surface area contributed by atoms with E-state index >= 15 is 0 Å². The molecule has 5 rings (SSSR count). The maximum Gasteiger partial charge on any atom is 0.303 e. The summed E-state index contributed by atoms with van der Waals surface area (Å²) < 4.78 is 0.768. The number of nitrogens with zero attached hydrogens (tertiary/aromatic N) is 3. The van der Waals surface area contributed by atoms with Gasteiger partial charge in [0, 0.05) is 46.0 Å². The fraction of sp³-hybridized carbons (Fsp3) is 0.333. The zero-order chi connectivity index (χ0) is 34.9. The van der Waals surface area contributed by atoms with Gasteiger partial charge in [0.1, 0.15) is 0 Å². The number of H-pyrrole nitrogens is 2. The van der Waals surface area contributed by atoms with E-state index in [0.29, 0.717) is 31.5 Å². The summed E-state index contributed by atoms with van der Waals surface area (Å²) in [6, 6.07) is 8.11. The van der Waals surface area contributed by atoms with Crippen LogP contribution in [0.15, 0.2) is 37.4 Å². The predicted octanol–water partition coefficient (Wildman–Crippen LogP) is 7.55. The Hall–Kier alpha value is -5.02. The quantitative estimate of drug-likeness (QED) is 0.160. The van der Waals surface area contributed by atoms with Gasteiger partial charge in [-0.15, -0.1) is 0 Å². The van der Waals surface area contributed by atoms with Gasteiger partial charge in [-0.1, -0.05) is 25.3 Å². The van der Waals surface area contributed by atoms with Gasteiger partial charge in [-0.3, -0.25) is 9.59 Å². The minimum Gasteiger partial charge on any atom is -0.481 e. The summed E-state index contributed by atoms with van der Waals surface area (Å²) in [6.45, 7) is 17.8. The molecule has 0 radical (unpaired) electrons. The normalized spacial score (nSPS) is 13.2. The number of aryl methyl sites for hydroxylation is 2. The molecule has 9 nitrogen and oxygen atoms in total. The molecule has 250 valence electrons. The Morgan fingerprint density at radius 1 is 0.750 bits per heavy atom. The van der Waals surface area contributed by atoms with Crippen LogP contribution in [0.3, 0.4) is 0 Å². The zero-order valence-corrected chi connectivity index (χ0v) is 29.2. The molecular weight excluding hydrogens is 600 g/mol. The van der Waals surface area contributed by atoms with Gasteiger partial charge in [0.05, 0.1) is 57.0 Å².